The van der Waals surface area contributed by atoms with Crippen LogP contribution in [0.3, 0.4) is 0 Å². The lowest BCUT2D eigenvalue weighted by Gasteiger charge is -2.43. The summed E-state index contributed by atoms with van der Waals surface area (Å²) in [5.74, 6) is -1.59. The number of carbonyl (C=O) groups is 3. The summed E-state index contributed by atoms with van der Waals surface area (Å²) in [6.45, 7) is 5.10. The van der Waals surface area contributed by atoms with Gasteiger partial charge in [0.15, 0.2) is 6.10 Å². The summed E-state index contributed by atoms with van der Waals surface area (Å²) in [6, 6.07) is 9.59. The van der Waals surface area contributed by atoms with E-state index in [0.29, 0.717) is 51.6 Å². The van der Waals surface area contributed by atoms with E-state index in [1.165, 1.54) is 4.90 Å². The topological polar surface area (TPSA) is 109 Å². The monoisotopic (exact) mass is 706 g/mol. The van der Waals surface area contributed by atoms with Crippen LogP contribution in [0.5, 0.6) is 5.75 Å². The Bertz CT molecular complexity index is 1540. The number of anilines is 1. The van der Waals surface area contributed by atoms with Gasteiger partial charge >= 0.3 is 18.3 Å². The third kappa shape index (κ3) is 8.02. The number of likely N-dealkylation sites (tertiary alicyclic amines) is 2. The number of urea groups is 1. The van der Waals surface area contributed by atoms with E-state index in [0.717, 1.165) is 49.3 Å². The molecule has 15 heteroatoms. The van der Waals surface area contributed by atoms with Crippen molar-refractivity contribution >= 4 is 35.3 Å². The van der Waals surface area contributed by atoms with Gasteiger partial charge in [0.1, 0.15) is 5.75 Å². The number of hydrogen-bond donors (Lipinski definition) is 2. The fourth-order valence-corrected chi connectivity index (χ4v) is 7.57. The molecule has 0 radical (unpaired) electrons. The fourth-order valence-electron chi connectivity index (χ4n) is 7.33. The second-order valence-electron chi connectivity index (χ2n) is 13.4. The average Bonchev–Trinajstić information content (AvgIpc) is 3.09. The fraction of sp³-hybridized carbons (Fsp3) is 0.559. The number of piperidine rings is 2. The lowest BCUT2D eigenvalue weighted by atomic mass is 10.0. The summed E-state index contributed by atoms with van der Waals surface area (Å²) in [5.41, 5.74) is 0.452. The molecular formula is C34H42ClF3N6O5. The molecule has 0 aromatic heterocycles. The van der Waals surface area contributed by atoms with E-state index in [4.69, 9.17) is 16.3 Å². The number of nitrogens with zero attached hydrogens (tertiary/aromatic N) is 5. The van der Waals surface area contributed by atoms with Crippen LogP contribution in [0.2, 0.25) is 5.02 Å². The summed E-state index contributed by atoms with van der Waals surface area (Å²) >= 11 is 5.98. The van der Waals surface area contributed by atoms with Crippen LogP contribution < -0.4 is 5.32 Å². The van der Waals surface area contributed by atoms with E-state index < -0.39 is 40.6 Å². The van der Waals surface area contributed by atoms with Crippen LogP contribution in [-0.4, -0.2) is 125 Å². The molecule has 2 aromatic carbocycles. The Morgan fingerprint density at radius 3 is 2.29 bits per heavy atom. The first-order chi connectivity index (χ1) is 23.4. The normalized spacial score (nSPS) is 20.9. The standard InChI is InChI=1S/C34H42ClF3N6O5/c1-40-10-6-24(7-11-40)41-14-16-42(17-15-41)31(46)29(20-22-18-26(34(36,37)38)30(45)27(35)19-22)49-33(48)43-12-8-25(9-13-43)44-21-23-4-2-3-5-28(23)39-32(44)47/h2-5,18-19,24-25,29,45H,6-17,20-21H2,1H3,(H,39,47)/t29-/m1/s1. The molecule has 0 unspecified atom stereocenters. The van der Waals surface area contributed by atoms with Crippen molar-refractivity contribution in [2.45, 2.75) is 63.0 Å². The van der Waals surface area contributed by atoms with Crippen molar-refractivity contribution in [3.8, 4) is 5.75 Å². The quantitative estimate of drug-likeness (QED) is 0.442. The first-order valence-corrected chi connectivity index (χ1v) is 17.2. The number of para-hydroxylation sites is 1. The molecular weight excluding hydrogens is 665 g/mol. The number of rotatable bonds is 6. The van der Waals surface area contributed by atoms with Crippen molar-refractivity contribution < 1.29 is 37.4 Å². The molecule has 1 atom stereocenters. The van der Waals surface area contributed by atoms with Crippen molar-refractivity contribution in [2.75, 3.05) is 64.7 Å². The molecule has 0 bridgehead atoms. The molecule has 49 heavy (non-hydrogen) atoms. The molecule has 0 saturated carbocycles. The van der Waals surface area contributed by atoms with Gasteiger partial charge in [-0.05, 0) is 75.1 Å². The van der Waals surface area contributed by atoms with Gasteiger partial charge in [-0.3, -0.25) is 9.69 Å². The number of fused-ring (bicyclic) bond motifs is 1. The van der Waals surface area contributed by atoms with Gasteiger partial charge < -0.3 is 34.8 Å². The maximum Gasteiger partial charge on any atom is 0.420 e. The Labute approximate surface area is 288 Å². The number of amides is 4. The van der Waals surface area contributed by atoms with Crippen LogP contribution in [0, 0.1) is 0 Å². The second kappa shape index (κ2) is 14.6. The Morgan fingerprint density at radius 2 is 1.61 bits per heavy atom. The van der Waals surface area contributed by atoms with Crippen LogP contribution in [0.15, 0.2) is 36.4 Å². The lowest BCUT2D eigenvalue weighted by molar-refractivity contribution is -0.143. The van der Waals surface area contributed by atoms with E-state index in [9.17, 15) is 32.7 Å². The van der Waals surface area contributed by atoms with Crippen molar-refractivity contribution in [3.63, 3.8) is 0 Å². The number of benzene rings is 2. The van der Waals surface area contributed by atoms with Crippen molar-refractivity contribution in [1.82, 2.24) is 24.5 Å². The third-order valence-corrected chi connectivity index (χ3v) is 10.5. The number of phenols is 1. The van der Waals surface area contributed by atoms with Gasteiger partial charge in [0.2, 0.25) is 0 Å². The first-order valence-electron chi connectivity index (χ1n) is 16.8. The molecule has 0 spiro atoms. The molecule has 4 amide bonds. The zero-order valence-electron chi connectivity index (χ0n) is 27.4. The minimum Gasteiger partial charge on any atom is -0.506 e. The molecule has 3 saturated heterocycles. The van der Waals surface area contributed by atoms with Gasteiger partial charge in [-0.2, -0.15) is 13.2 Å². The van der Waals surface area contributed by atoms with E-state index in [-0.39, 0.29) is 37.1 Å². The van der Waals surface area contributed by atoms with Gasteiger partial charge in [0, 0.05) is 70.0 Å². The molecule has 4 heterocycles. The van der Waals surface area contributed by atoms with Crippen LogP contribution in [-0.2, 0) is 28.7 Å². The van der Waals surface area contributed by atoms with E-state index in [1.54, 1.807) is 9.80 Å². The van der Waals surface area contributed by atoms with E-state index in [1.807, 2.05) is 24.3 Å². The third-order valence-electron chi connectivity index (χ3n) is 10.2. The summed E-state index contributed by atoms with van der Waals surface area (Å²) in [4.78, 5) is 49.8. The number of halogens is 4. The number of ether oxygens (including phenoxy) is 1. The average molecular weight is 707 g/mol. The molecule has 4 aliphatic heterocycles. The molecule has 3 fully saturated rings. The van der Waals surface area contributed by atoms with Gasteiger partial charge in [-0.15, -0.1) is 0 Å². The number of nitrogens with one attached hydrogen (secondary N) is 1. The number of carbonyl (C=O) groups excluding carboxylic acids is 3. The van der Waals surface area contributed by atoms with Crippen molar-refractivity contribution in [2.24, 2.45) is 0 Å². The highest BCUT2D eigenvalue weighted by Crippen LogP contribution is 2.40. The van der Waals surface area contributed by atoms with Crippen LogP contribution >= 0.6 is 11.6 Å². The highest BCUT2D eigenvalue weighted by molar-refractivity contribution is 6.32. The summed E-state index contributed by atoms with van der Waals surface area (Å²) < 4.78 is 46.9. The van der Waals surface area contributed by atoms with Gasteiger partial charge in [0.25, 0.3) is 5.91 Å². The molecule has 4 aliphatic rings. The number of hydrogen-bond acceptors (Lipinski definition) is 7. The molecule has 2 aromatic rings. The summed E-state index contributed by atoms with van der Waals surface area (Å²) in [6.07, 6.45) is -4.34. The highest BCUT2D eigenvalue weighted by Gasteiger charge is 2.39. The van der Waals surface area contributed by atoms with Crippen LogP contribution in [0.25, 0.3) is 0 Å². The predicted octanol–water partition coefficient (Wildman–Crippen LogP) is 4.86. The number of phenolic OH excluding ortho intramolecular Hbond substituents is 1. The van der Waals surface area contributed by atoms with Crippen LogP contribution in [0.4, 0.5) is 28.4 Å². The minimum absolute atomic E-state index is 0.00124. The molecule has 11 nitrogen and oxygen atoms in total. The number of alkyl halides is 3. The molecule has 2 N–H and O–H groups in total. The van der Waals surface area contributed by atoms with Gasteiger partial charge in [-0.25, -0.2) is 9.59 Å². The van der Waals surface area contributed by atoms with Crippen molar-refractivity contribution in [3.05, 3.63) is 58.1 Å². The first kappa shape index (κ1) is 35.1. The van der Waals surface area contributed by atoms with Crippen LogP contribution in [0.1, 0.15) is 42.4 Å². The Kier molecular flexibility index (Phi) is 10.5. The summed E-state index contributed by atoms with van der Waals surface area (Å²) in [7, 11) is 2.10. The molecule has 0 aliphatic carbocycles. The maximum absolute atomic E-state index is 13.9. The largest absolute Gasteiger partial charge is 0.506 e. The molecule has 6 rings (SSSR count). The molecule has 266 valence electrons. The van der Waals surface area contributed by atoms with E-state index in [2.05, 4.69) is 22.2 Å². The zero-order chi connectivity index (χ0) is 34.9. The van der Waals surface area contributed by atoms with Gasteiger partial charge in [-0.1, -0.05) is 29.8 Å². The smallest absolute Gasteiger partial charge is 0.420 e. The minimum atomic E-state index is -4.89. The van der Waals surface area contributed by atoms with E-state index >= 15 is 0 Å². The lowest BCUT2D eigenvalue weighted by Crippen LogP contribution is -2.56. The maximum atomic E-state index is 13.9. The SMILES string of the molecule is CN1CCC(N2CCN(C(=O)[C@@H](Cc3cc(Cl)c(O)c(C(F)(F)F)c3)OC(=O)N3CCC(N4Cc5ccccc5NC4=O)CC3)CC2)CC1. The Morgan fingerprint density at radius 1 is 0.959 bits per heavy atom. The second-order valence-corrected chi connectivity index (χ2v) is 13.8. The summed E-state index contributed by atoms with van der Waals surface area (Å²) in [5, 5.41) is 12.4. The zero-order valence-corrected chi connectivity index (χ0v) is 28.2. The number of aromatic hydroxyl groups is 1. The van der Waals surface area contributed by atoms with Gasteiger partial charge in [0.05, 0.1) is 10.6 Å². The Balaban J connectivity index is 1.13. The van der Waals surface area contributed by atoms with Crippen molar-refractivity contribution in [1.29, 1.82) is 0 Å². The highest BCUT2D eigenvalue weighted by atomic mass is 35.5. The predicted molar refractivity (Wildman–Crippen MR) is 176 cm³/mol. The number of piperazine rings is 1. The Hall–Kier alpha value is -3.75.